The van der Waals surface area contributed by atoms with Crippen molar-refractivity contribution >= 4 is 5.69 Å². The minimum Gasteiger partial charge on any atom is -0.423 e. The molecular weight excluding hydrogens is 266 g/mol. The molecule has 1 saturated carbocycles. The van der Waals surface area contributed by atoms with Crippen LogP contribution in [-0.2, 0) is 4.74 Å². The van der Waals surface area contributed by atoms with Gasteiger partial charge in [-0.25, -0.2) is 0 Å². The lowest BCUT2D eigenvalue weighted by Gasteiger charge is -2.29. The molecule has 1 fully saturated rings. The number of benzene rings is 1. The van der Waals surface area contributed by atoms with E-state index in [1.54, 1.807) is 7.11 Å². The van der Waals surface area contributed by atoms with Gasteiger partial charge in [0.25, 0.3) is 0 Å². The van der Waals surface area contributed by atoms with Gasteiger partial charge < -0.3 is 14.5 Å². The average molecular weight is 287 g/mol. The number of hydrogen-bond acceptors (Lipinski definition) is 5. The predicted octanol–water partition coefficient (Wildman–Crippen LogP) is 3.41. The Morgan fingerprint density at radius 1 is 1.24 bits per heavy atom. The quantitative estimate of drug-likeness (QED) is 0.933. The second-order valence-corrected chi connectivity index (χ2v) is 5.63. The molecule has 112 valence electrons. The number of nitrogens with zero attached hydrogens (tertiary/aromatic N) is 2. The van der Waals surface area contributed by atoms with Crippen molar-refractivity contribution in [3.05, 3.63) is 30.2 Å². The molecule has 3 rings (SSSR count). The van der Waals surface area contributed by atoms with Crippen LogP contribution in [0.1, 0.15) is 31.2 Å². The number of nitrogens with one attached hydrogen (secondary N) is 1. The zero-order valence-electron chi connectivity index (χ0n) is 12.5. The number of ether oxygens (including phenoxy) is 1. The molecular formula is C16H21N3O2. The van der Waals surface area contributed by atoms with Crippen molar-refractivity contribution in [1.29, 1.82) is 0 Å². The highest BCUT2D eigenvalue weighted by Gasteiger charge is 2.21. The number of aromatic nitrogens is 2. The van der Waals surface area contributed by atoms with Crippen LogP contribution in [0.15, 0.2) is 29.0 Å². The highest BCUT2D eigenvalue weighted by atomic mass is 16.5. The van der Waals surface area contributed by atoms with Gasteiger partial charge in [0.15, 0.2) is 0 Å². The monoisotopic (exact) mass is 287 g/mol. The van der Waals surface area contributed by atoms with Crippen molar-refractivity contribution in [3.63, 3.8) is 0 Å². The Morgan fingerprint density at radius 3 is 2.67 bits per heavy atom. The van der Waals surface area contributed by atoms with Crippen molar-refractivity contribution in [2.45, 2.75) is 44.8 Å². The number of anilines is 1. The Labute approximate surface area is 124 Å². The van der Waals surface area contributed by atoms with Crippen LogP contribution in [0.2, 0.25) is 0 Å². The number of aryl methyl sites for hydroxylation is 1. The van der Waals surface area contributed by atoms with E-state index in [1.165, 1.54) is 17.6 Å². The fraction of sp³-hybridized carbons (Fsp3) is 0.500. The van der Waals surface area contributed by atoms with E-state index in [9.17, 15) is 0 Å². The first-order chi connectivity index (χ1) is 10.3. The Hall–Kier alpha value is -1.88. The Morgan fingerprint density at radius 2 is 2.05 bits per heavy atom. The first kappa shape index (κ1) is 14.1. The molecule has 1 aliphatic carbocycles. The first-order valence-corrected chi connectivity index (χ1v) is 7.43. The van der Waals surface area contributed by atoms with Gasteiger partial charge >= 0.3 is 0 Å². The molecule has 0 amide bonds. The summed E-state index contributed by atoms with van der Waals surface area (Å²) in [5.74, 6) is 0.560. The van der Waals surface area contributed by atoms with Crippen LogP contribution in [0.5, 0.6) is 0 Å². The molecule has 1 aliphatic rings. The summed E-state index contributed by atoms with van der Waals surface area (Å²) in [6.07, 6.45) is 6.36. The van der Waals surface area contributed by atoms with Crippen molar-refractivity contribution in [3.8, 4) is 11.5 Å². The van der Waals surface area contributed by atoms with Crippen molar-refractivity contribution < 1.29 is 9.15 Å². The van der Waals surface area contributed by atoms with E-state index in [1.807, 2.05) is 6.07 Å². The molecule has 21 heavy (non-hydrogen) atoms. The zero-order valence-corrected chi connectivity index (χ0v) is 12.5. The third-order valence-electron chi connectivity index (χ3n) is 4.20. The molecule has 0 bridgehead atoms. The summed E-state index contributed by atoms with van der Waals surface area (Å²) in [7, 11) is 1.80. The molecule has 5 nitrogen and oxygen atoms in total. The topological polar surface area (TPSA) is 60.2 Å². The highest BCUT2D eigenvalue weighted by Crippen LogP contribution is 2.27. The summed E-state index contributed by atoms with van der Waals surface area (Å²) in [5, 5.41) is 11.3. The largest absolute Gasteiger partial charge is 0.423 e. The second-order valence-electron chi connectivity index (χ2n) is 5.63. The number of hydrogen-bond donors (Lipinski definition) is 1. The van der Waals surface area contributed by atoms with Gasteiger partial charge in [0.2, 0.25) is 12.3 Å². The van der Waals surface area contributed by atoms with E-state index < -0.39 is 0 Å². The van der Waals surface area contributed by atoms with E-state index in [2.05, 4.69) is 34.6 Å². The maximum absolute atomic E-state index is 5.42. The summed E-state index contributed by atoms with van der Waals surface area (Å²) in [5.41, 5.74) is 3.33. The van der Waals surface area contributed by atoms with E-state index >= 15 is 0 Å². The SMILES string of the molecule is COC1CCC(Nc2ccc(-c3nnco3)cc2C)CC1. The van der Waals surface area contributed by atoms with Gasteiger partial charge in [0, 0.05) is 24.4 Å². The van der Waals surface area contributed by atoms with E-state index in [4.69, 9.17) is 9.15 Å². The van der Waals surface area contributed by atoms with E-state index in [0.717, 1.165) is 31.2 Å². The van der Waals surface area contributed by atoms with Crippen molar-refractivity contribution in [1.82, 2.24) is 10.2 Å². The molecule has 1 heterocycles. The minimum absolute atomic E-state index is 0.434. The zero-order chi connectivity index (χ0) is 14.7. The molecule has 5 heteroatoms. The fourth-order valence-electron chi connectivity index (χ4n) is 2.92. The Bertz CT molecular complexity index is 575. The molecule has 0 radical (unpaired) electrons. The van der Waals surface area contributed by atoms with Crippen LogP contribution in [0.25, 0.3) is 11.5 Å². The molecule has 1 N–H and O–H groups in total. The predicted molar refractivity (Wildman–Crippen MR) is 81.1 cm³/mol. The molecule has 2 aromatic rings. The van der Waals surface area contributed by atoms with Gasteiger partial charge in [-0.1, -0.05) is 0 Å². The van der Waals surface area contributed by atoms with E-state index in [-0.39, 0.29) is 0 Å². The normalized spacial score (nSPS) is 22.2. The van der Waals surface area contributed by atoms with Crippen LogP contribution in [0, 0.1) is 6.92 Å². The van der Waals surface area contributed by atoms with Crippen LogP contribution < -0.4 is 5.32 Å². The van der Waals surface area contributed by atoms with Gasteiger partial charge in [0.1, 0.15) is 0 Å². The van der Waals surface area contributed by atoms with Gasteiger partial charge in [0.05, 0.1) is 6.10 Å². The summed E-state index contributed by atoms with van der Waals surface area (Å²) in [6.45, 7) is 2.10. The smallest absolute Gasteiger partial charge is 0.247 e. The van der Waals surface area contributed by atoms with Gasteiger partial charge in [-0.15, -0.1) is 10.2 Å². The second kappa shape index (κ2) is 6.26. The fourth-order valence-corrected chi connectivity index (χ4v) is 2.92. The maximum atomic E-state index is 5.42. The Kier molecular flexibility index (Phi) is 4.20. The molecule has 0 atom stereocenters. The summed E-state index contributed by atoms with van der Waals surface area (Å²) in [4.78, 5) is 0. The first-order valence-electron chi connectivity index (χ1n) is 7.43. The highest BCUT2D eigenvalue weighted by molar-refractivity contribution is 5.62. The third kappa shape index (κ3) is 3.24. The number of rotatable bonds is 4. The average Bonchev–Trinajstić information content (AvgIpc) is 3.04. The van der Waals surface area contributed by atoms with Crippen molar-refractivity contribution in [2.75, 3.05) is 12.4 Å². The summed E-state index contributed by atoms with van der Waals surface area (Å²) in [6, 6.07) is 6.72. The lowest BCUT2D eigenvalue weighted by Crippen LogP contribution is -2.29. The van der Waals surface area contributed by atoms with E-state index in [0.29, 0.717) is 18.0 Å². The third-order valence-corrected chi connectivity index (χ3v) is 4.20. The minimum atomic E-state index is 0.434. The molecule has 1 aromatic carbocycles. The van der Waals surface area contributed by atoms with Crippen LogP contribution in [0.4, 0.5) is 5.69 Å². The standard InChI is InChI=1S/C16H21N3O2/c1-11-9-12(16-19-17-10-21-16)3-8-15(11)18-13-4-6-14(20-2)7-5-13/h3,8-10,13-14,18H,4-7H2,1-2H3. The molecule has 0 saturated heterocycles. The molecule has 0 aliphatic heterocycles. The maximum Gasteiger partial charge on any atom is 0.247 e. The summed E-state index contributed by atoms with van der Waals surface area (Å²) >= 11 is 0. The number of methoxy groups -OCH3 is 1. The summed E-state index contributed by atoms with van der Waals surface area (Å²) < 4.78 is 10.7. The lowest BCUT2D eigenvalue weighted by atomic mass is 9.92. The van der Waals surface area contributed by atoms with Gasteiger partial charge in [-0.2, -0.15) is 0 Å². The van der Waals surface area contributed by atoms with Gasteiger partial charge in [-0.05, 0) is 56.4 Å². The molecule has 1 aromatic heterocycles. The van der Waals surface area contributed by atoms with Crippen LogP contribution in [-0.4, -0.2) is 29.5 Å². The van der Waals surface area contributed by atoms with Crippen LogP contribution >= 0.6 is 0 Å². The lowest BCUT2D eigenvalue weighted by molar-refractivity contribution is 0.0682. The van der Waals surface area contributed by atoms with Crippen LogP contribution in [0.3, 0.4) is 0 Å². The Balaban J connectivity index is 1.67. The molecule has 0 unspecified atom stereocenters. The van der Waals surface area contributed by atoms with Gasteiger partial charge in [-0.3, -0.25) is 0 Å². The van der Waals surface area contributed by atoms with Crippen molar-refractivity contribution in [2.24, 2.45) is 0 Å². The molecule has 0 spiro atoms.